The first-order valence-corrected chi connectivity index (χ1v) is 7.01. The number of benzene rings is 1. The molecule has 20 heavy (non-hydrogen) atoms. The number of aromatic nitrogens is 1. The molecule has 0 aliphatic carbocycles. The molecule has 0 bridgehead atoms. The van der Waals surface area contributed by atoms with Gasteiger partial charge in [-0.1, -0.05) is 12.1 Å². The average Bonchev–Trinajstić information content (AvgIpc) is 3.00. The molecule has 0 atom stereocenters. The summed E-state index contributed by atoms with van der Waals surface area (Å²) in [4.78, 5) is 6.78. The van der Waals surface area contributed by atoms with Gasteiger partial charge in [0.2, 0.25) is 0 Å². The molecular formula is C16H18FN3. The molecule has 4 heteroatoms. The molecule has 104 valence electrons. The number of anilines is 2. The van der Waals surface area contributed by atoms with Crippen molar-refractivity contribution in [3.05, 3.63) is 54.0 Å². The van der Waals surface area contributed by atoms with Gasteiger partial charge < -0.3 is 10.2 Å². The molecule has 0 spiro atoms. The molecule has 2 aromatic rings. The van der Waals surface area contributed by atoms with Crippen LogP contribution in [0.3, 0.4) is 0 Å². The highest BCUT2D eigenvalue weighted by atomic mass is 19.1. The van der Waals surface area contributed by atoms with E-state index in [0.717, 1.165) is 30.2 Å². The molecule has 0 saturated carbocycles. The first-order chi connectivity index (χ1) is 9.83. The predicted octanol–water partition coefficient (Wildman–Crippen LogP) is 3.43. The van der Waals surface area contributed by atoms with Crippen LogP contribution in [0.25, 0.3) is 0 Å². The van der Waals surface area contributed by atoms with Crippen LogP contribution >= 0.6 is 0 Å². The number of halogens is 1. The maximum absolute atomic E-state index is 13.2. The Morgan fingerprint density at radius 2 is 2.00 bits per heavy atom. The van der Waals surface area contributed by atoms with Gasteiger partial charge in [-0.3, -0.25) is 0 Å². The second-order valence-electron chi connectivity index (χ2n) is 5.05. The summed E-state index contributed by atoms with van der Waals surface area (Å²) in [5.41, 5.74) is 1.94. The Hall–Kier alpha value is -2.10. The molecule has 0 amide bonds. The van der Waals surface area contributed by atoms with Crippen molar-refractivity contribution < 1.29 is 4.39 Å². The number of nitrogens with zero attached hydrogens (tertiary/aromatic N) is 2. The van der Waals surface area contributed by atoms with Crippen molar-refractivity contribution in [2.24, 2.45) is 0 Å². The van der Waals surface area contributed by atoms with E-state index in [4.69, 9.17) is 0 Å². The van der Waals surface area contributed by atoms with Gasteiger partial charge in [-0.2, -0.15) is 0 Å². The maximum Gasteiger partial charge on any atom is 0.151 e. The third kappa shape index (κ3) is 2.90. The fourth-order valence-electron chi connectivity index (χ4n) is 2.56. The third-order valence-corrected chi connectivity index (χ3v) is 3.56. The quantitative estimate of drug-likeness (QED) is 0.923. The summed E-state index contributed by atoms with van der Waals surface area (Å²) >= 11 is 0. The zero-order valence-corrected chi connectivity index (χ0v) is 11.3. The first-order valence-electron chi connectivity index (χ1n) is 7.01. The molecule has 0 radical (unpaired) electrons. The zero-order valence-electron chi connectivity index (χ0n) is 11.3. The van der Waals surface area contributed by atoms with E-state index >= 15 is 0 Å². The van der Waals surface area contributed by atoms with Gasteiger partial charge in [-0.05, 0) is 42.7 Å². The Morgan fingerprint density at radius 1 is 1.15 bits per heavy atom. The van der Waals surface area contributed by atoms with Gasteiger partial charge in [0.15, 0.2) is 5.82 Å². The first kappa shape index (κ1) is 12.9. The minimum atomic E-state index is -0.199. The molecule has 1 N–H and O–H groups in total. The van der Waals surface area contributed by atoms with Gasteiger partial charge in [0.1, 0.15) is 5.82 Å². The fourth-order valence-corrected chi connectivity index (χ4v) is 2.56. The topological polar surface area (TPSA) is 28.2 Å². The summed E-state index contributed by atoms with van der Waals surface area (Å²) in [6, 6.07) is 10.6. The van der Waals surface area contributed by atoms with Crippen molar-refractivity contribution in [2.45, 2.75) is 19.4 Å². The van der Waals surface area contributed by atoms with Crippen molar-refractivity contribution >= 4 is 11.5 Å². The highest BCUT2D eigenvalue weighted by Gasteiger charge is 2.16. The molecule has 1 aliphatic rings. The number of hydrogen-bond donors (Lipinski definition) is 1. The van der Waals surface area contributed by atoms with Crippen molar-refractivity contribution in [3.63, 3.8) is 0 Å². The molecular weight excluding hydrogens is 253 g/mol. The summed E-state index contributed by atoms with van der Waals surface area (Å²) < 4.78 is 13.2. The lowest BCUT2D eigenvalue weighted by Gasteiger charge is -2.20. The van der Waals surface area contributed by atoms with E-state index in [-0.39, 0.29) is 5.82 Å². The number of hydrogen-bond acceptors (Lipinski definition) is 3. The zero-order chi connectivity index (χ0) is 13.8. The van der Waals surface area contributed by atoms with Crippen LogP contribution in [0.15, 0.2) is 42.6 Å². The van der Waals surface area contributed by atoms with E-state index in [2.05, 4.69) is 15.2 Å². The molecule has 1 aromatic carbocycles. The van der Waals surface area contributed by atoms with Crippen LogP contribution in [-0.2, 0) is 6.54 Å². The van der Waals surface area contributed by atoms with Crippen molar-refractivity contribution in [1.82, 2.24) is 4.98 Å². The largest absolute Gasteiger partial charge is 0.378 e. The monoisotopic (exact) mass is 271 g/mol. The van der Waals surface area contributed by atoms with Gasteiger partial charge in [-0.15, -0.1) is 0 Å². The lowest BCUT2D eigenvalue weighted by molar-refractivity contribution is 0.626. The second kappa shape index (κ2) is 5.90. The summed E-state index contributed by atoms with van der Waals surface area (Å²) in [5, 5.41) is 3.36. The Morgan fingerprint density at radius 3 is 2.80 bits per heavy atom. The van der Waals surface area contributed by atoms with E-state index in [1.165, 1.54) is 18.9 Å². The summed E-state index contributed by atoms with van der Waals surface area (Å²) in [7, 11) is 0. The lowest BCUT2D eigenvalue weighted by Crippen LogP contribution is -2.20. The maximum atomic E-state index is 13.2. The van der Waals surface area contributed by atoms with Gasteiger partial charge in [0.05, 0.1) is 5.69 Å². The highest BCUT2D eigenvalue weighted by Crippen LogP contribution is 2.26. The summed E-state index contributed by atoms with van der Waals surface area (Å²) in [6.45, 7) is 2.72. The van der Waals surface area contributed by atoms with E-state index in [9.17, 15) is 4.39 Å². The summed E-state index contributed by atoms with van der Waals surface area (Å²) in [5.74, 6) is 0.802. The molecule has 1 fully saturated rings. The van der Waals surface area contributed by atoms with Gasteiger partial charge >= 0.3 is 0 Å². The number of pyridine rings is 1. The minimum Gasteiger partial charge on any atom is -0.378 e. The summed E-state index contributed by atoms with van der Waals surface area (Å²) in [6.07, 6.45) is 4.26. The second-order valence-corrected chi connectivity index (χ2v) is 5.05. The Labute approximate surface area is 118 Å². The van der Waals surface area contributed by atoms with E-state index < -0.39 is 0 Å². The van der Waals surface area contributed by atoms with Crippen LogP contribution in [0.2, 0.25) is 0 Å². The van der Waals surface area contributed by atoms with E-state index in [1.807, 2.05) is 24.4 Å². The van der Waals surface area contributed by atoms with E-state index in [1.54, 1.807) is 12.1 Å². The van der Waals surface area contributed by atoms with Crippen LogP contribution in [0, 0.1) is 5.82 Å². The molecule has 0 unspecified atom stereocenters. The average molecular weight is 271 g/mol. The fraction of sp³-hybridized carbons (Fsp3) is 0.312. The molecule has 3 rings (SSSR count). The van der Waals surface area contributed by atoms with Crippen LogP contribution in [0.4, 0.5) is 15.9 Å². The van der Waals surface area contributed by atoms with Crippen molar-refractivity contribution in [1.29, 1.82) is 0 Å². The van der Waals surface area contributed by atoms with Crippen LogP contribution in [0.5, 0.6) is 0 Å². The Kier molecular flexibility index (Phi) is 3.81. The standard InChI is InChI=1S/C16H18FN3/c17-14-6-3-5-13(11-14)12-19-15-7-4-8-18-16(15)20-9-1-2-10-20/h3-8,11,19H,1-2,9-10,12H2. The van der Waals surface area contributed by atoms with Crippen LogP contribution in [0.1, 0.15) is 18.4 Å². The lowest BCUT2D eigenvalue weighted by atomic mass is 10.2. The molecule has 1 aliphatic heterocycles. The highest BCUT2D eigenvalue weighted by molar-refractivity contribution is 5.65. The molecule has 1 aromatic heterocycles. The van der Waals surface area contributed by atoms with Crippen LogP contribution in [-0.4, -0.2) is 18.1 Å². The molecule has 1 saturated heterocycles. The van der Waals surface area contributed by atoms with Gasteiger partial charge in [0.25, 0.3) is 0 Å². The normalized spacial score (nSPS) is 14.6. The molecule has 2 heterocycles. The third-order valence-electron chi connectivity index (χ3n) is 3.56. The minimum absolute atomic E-state index is 0.199. The van der Waals surface area contributed by atoms with Crippen molar-refractivity contribution in [2.75, 3.05) is 23.3 Å². The van der Waals surface area contributed by atoms with Gasteiger partial charge in [0, 0.05) is 25.8 Å². The van der Waals surface area contributed by atoms with Crippen molar-refractivity contribution in [3.8, 4) is 0 Å². The van der Waals surface area contributed by atoms with E-state index in [0.29, 0.717) is 6.54 Å². The number of nitrogens with one attached hydrogen (secondary N) is 1. The predicted molar refractivity (Wildman–Crippen MR) is 79.4 cm³/mol. The van der Waals surface area contributed by atoms with Crippen LogP contribution < -0.4 is 10.2 Å². The van der Waals surface area contributed by atoms with Gasteiger partial charge in [-0.25, -0.2) is 9.37 Å². The molecule has 3 nitrogen and oxygen atoms in total. The SMILES string of the molecule is Fc1cccc(CNc2cccnc2N2CCCC2)c1. The Balaban J connectivity index is 1.74. The number of rotatable bonds is 4. The Bertz CT molecular complexity index is 579. The smallest absolute Gasteiger partial charge is 0.151 e.